The first-order chi connectivity index (χ1) is 14.0. The molecule has 4 rings (SSSR count). The normalized spacial score (nSPS) is 27.8. The van der Waals surface area contributed by atoms with Crippen LogP contribution in [0, 0.1) is 11.8 Å². The second kappa shape index (κ2) is 8.51. The van der Waals surface area contributed by atoms with Gasteiger partial charge >= 0.3 is 0 Å². The highest BCUT2D eigenvalue weighted by Crippen LogP contribution is 2.41. The minimum absolute atomic E-state index is 0.296. The van der Waals surface area contributed by atoms with Gasteiger partial charge in [0.2, 0.25) is 5.91 Å². The van der Waals surface area contributed by atoms with Crippen molar-refractivity contribution in [1.82, 2.24) is 9.80 Å². The molecule has 1 aliphatic carbocycles. The number of hydrogen-bond acceptors (Lipinski definition) is 3. The molecule has 0 radical (unpaired) electrons. The zero-order valence-electron chi connectivity index (χ0n) is 18.2. The lowest BCUT2D eigenvalue weighted by Gasteiger charge is -2.47. The highest BCUT2D eigenvalue weighted by Gasteiger charge is 2.53. The Labute approximate surface area is 176 Å². The smallest absolute Gasteiger partial charge is 0.250 e. The van der Waals surface area contributed by atoms with Crippen molar-refractivity contribution in [3.05, 3.63) is 43.0 Å². The summed E-state index contributed by atoms with van der Waals surface area (Å²) in [7, 11) is 0. The van der Waals surface area contributed by atoms with Gasteiger partial charge in [0.05, 0.1) is 6.67 Å². The molecule has 4 nitrogen and oxygen atoms in total. The van der Waals surface area contributed by atoms with Gasteiger partial charge in [-0.05, 0) is 62.5 Å². The summed E-state index contributed by atoms with van der Waals surface area (Å²) >= 11 is 0. The molecule has 29 heavy (non-hydrogen) atoms. The average molecular weight is 396 g/mol. The SMILES string of the molecule is C=CCN1CN(c2ccccc2)C2(CCN([C@H]3CC[C@@H](C(C)C)CC3)CC2)C1=O. The highest BCUT2D eigenvalue weighted by atomic mass is 16.2. The predicted octanol–water partition coefficient (Wildman–Crippen LogP) is 4.53. The van der Waals surface area contributed by atoms with Crippen molar-refractivity contribution in [3.63, 3.8) is 0 Å². The number of para-hydroxylation sites is 1. The molecule has 4 heteroatoms. The number of benzene rings is 1. The molecule has 3 aliphatic rings. The highest BCUT2D eigenvalue weighted by molar-refractivity contribution is 5.93. The minimum atomic E-state index is -0.379. The molecule has 1 aromatic carbocycles. The maximum atomic E-state index is 13.5. The number of carbonyl (C=O) groups is 1. The van der Waals surface area contributed by atoms with Gasteiger partial charge in [-0.25, -0.2) is 0 Å². The zero-order chi connectivity index (χ0) is 20.4. The summed E-state index contributed by atoms with van der Waals surface area (Å²) in [6.07, 6.45) is 9.10. The number of piperidine rings is 1. The quantitative estimate of drug-likeness (QED) is 0.686. The molecule has 2 saturated heterocycles. The van der Waals surface area contributed by atoms with Crippen LogP contribution in [0.3, 0.4) is 0 Å². The van der Waals surface area contributed by atoms with E-state index in [4.69, 9.17) is 0 Å². The molecule has 1 saturated carbocycles. The van der Waals surface area contributed by atoms with Crippen molar-refractivity contribution in [2.75, 3.05) is 31.2 Å². The Kier molecular flexibility index (Phi) is 6.00. The van der Waals surface area contributed by atoms with E-state index in [-0.39, 0.29) is 5.54 Å². The third-order valence-corrected chi connectivity index (χ3v) is 7.76. The number of rotatable bonds is 5. The zero-order valence-corrected chi connectivity index (χ0v) is 18.2. The van der Waals surface area contributed by atoms with Gasteiger partial charge in [0.25, 0.3) is 0 Å². The first-order valence-electron chi connectivity index (χ1n) is 11.5. The molecule has 1 aromatic rings. The van der Waals surface area contributed by atoms with Gasteiger partial charge in [-0.15, -0.1) is 6.58 Å². The minimum Gasteiger partial charge on any atom is -0.339 e. The van der Waals surface area contributed by atoms with Gasteiger partial charge in [-0.2, -0.15) is 0 Å². The molecular formula is C25H37N3O. The van der Waals surface area contributed by atoms with E-state index in [0.29, 0.717) is 25.2 Å². The lowest BCUT2D eigenvalue weighted by molar-refractivity contribution is -0.133. The Balaban J connectivity index is 1.47. The molecule has 2 heterocycles. The van der Waals surface area contributed by atoms with Gasteiger partial charge in [-0.1, -0.05) is 38.1 Å². The fourth-order valence-electron chi connectivity index (χ4n) is 5.89. The molecular weight excluding hydrogens is 358 g/mol. The molecule has 1 spiro atoms. The van der Waals surface area contributed by atoms with E-state index in [1.807, 2.05) is 17.0 Å². The van der Waals surface area contributed by atoms with E-state index >= 15 is 0 Å². The fourth-order valence-corrected chi connectivity index (χ4v) is 5.89. The van der Waals surface area contributed by atoms with Crippen LogP contribution in [0.4, 0.5) is 5.69 Å². The van der Waals surface area contributed by atoms with Crippen molar-refractivity contribution in [2.45, 2.75) is 64.0 Å². The summed E-state index contributed by atoms with van der Waals surface area (Å²) < 4.78 is 0. The standard InChI is InChI=1S/C25H37N3O/c1-4-16-27-19-28(23-8-6-5-7-9-23)25(24(27)29)14-17-26(18-15-25)22-12-10-21(11-13-22)20(2)3/h4-9,20-22H,1,10-19H2,2-3H3/t21-,22+. The van der Waals surface area contributed by atoms with E-state index in [9.17, 15) is 4.79 Å². The van der Waals surface area contributed by atoms with Gasteiger partial charge in [0, 0.05) is 31.4 Å². The second-order valence-corrected chi connectivity index (χ2v) is 9.60. The number of likely N-dealkylation sites (tertiary alicyclic amines) is 1. The molecule has 1 amide bonds. The number of anilines is 1. The Bertz CT molecular complexity index is 700. The molecule has 3 fully saturated rings. The first-order valence-corrected chi connectivity index (χ1v) is 11.5. The van der Waals surface area contributed by atoms with Crippen LogP contribution in [0.15, 0.2) is 43.0 Å². The summed E-state index contributed by atoms with van der Waals surface area (Å²) in [6, 6.07) is 11.2. The van der Waals surface area contributed by atoms with Gasteiger partial charge in [0.1, 0.15) is 5.54 Å². The molecule has 0 unspecified atom stereocenters. The molecule has 0 aromatic heterocycles. The summed E-state index contributed by atoms with van der Waals surface area (Å²) in [6.45, 7) is 12.0. The van der Waals surface area contributed by atoms with Crippen LogP contribution >= 0.6 is 0 Å². The Morgan fingerprint density at radius 2 is 1.76 bits per heavy atom. The first kappa shape index (κ1) is 20.5. The van der Waals surface area contributed by atoms with Crippen molar-refractivity contribution in [1.29, 1.82) is 0 Å². The van der Waals surface area contributed by atoms with Gasteiger partial charge in [0.15, 0.2) is 0 Å². The molecule has 158 valence electrons. The van der Waals surface area contributed by atoms with Crippen molar-refractivity contribution >= 4 is 11.6 Å². The number of carbonyl (C=O) groups excluding carboxylic acids is 1. The predicted molar refractivity (Wildman–Crippen MR) is 120 cm³/mol. The average Bonchev–Trinajstić information content (AvgIpc) is 3.01. The Morgan fingerprint density at radius 1 is 1.10 bits per heavy atom. The lowest BCUT2D eigenvalue weighted by Crippen LogP contribution is -2.58. The maximum Gasteiger partial charge on any atom is 0.250 e. The van der Waals surface area contributed by atoms with E-state index in [0.717, 1.165) is 37.8 Å². The molecule has 0 atom stereocenters. The van der Waals surface area contributed by atoms with E-state index in [1.165, 1.54) is 31.4 Å². The van der Waals surface area contributed by atoms with Crippen LogP contribution in [0.5, 0.6) is 0 Å². The van der Waals surface area contributed by atoms with Crippen molar-refractivity contribution < 1.29 is 4.79 Å². The van der Waals surface area contributed by atoms with E-state index in [1.54, 1.807) is 0 Å². The topological polar surface area (TPSA) is 26.8 Å². The van der Waals surface area contributed by atoms with E-state index in [2.05, 4.69) is 54.5 Å². The van der Waals surface area contributed by atoms with Gasteiger partial charge < -0.3 is 14.7 Å². The maximum absolute atomic E-state index is 13.5. The number of hydrogen-bond donors (Lipinski definition) is 0. The third kappa shape index (κ3) is 3.84. The largest absolute Gasteiger partial charge is 0.339 e. The number of nitrogens with zero attached hydrogens (tertiary/aromatic N) is 3. The van der Waals surface area contributed by atoms with Crippen LogP contribution < -0.4 is 4.90 Å². The second-order valence-electron chi connectivity index (χ2n) is 9.60. The van der Waals surface area contributed by atoms with Crippen LogP contribution in [0.1, 0.15) is 52.4 Å². The summed E-state index contributed by atoms with van der Waals surface area (Å²) in [5.74, 6) is 2.01. The Morgan fingerprint density at radius 3 is 2.34 bits per heavy atom. The third-order valence-electron chi connectivity index (χ3n) is 7.76. The van der Waals surface area contributed by atoms with Crippen LogP contribution in [0.2, 0.25) is 0 Å². The Hall–Kier alpha value is -1.81. The molecule has 2 aliphatic heterocycles. The fraction of sp³-hybridized carbons (Fsp3) is 0.640. The lowest BCUT2D eigenvalue weighted by atomic mass is 9.78. The summed E-state index contributed by atoms with van der Waals surface area (Å²) in [5, 5.41) is 0. The van der Waals surface area contributed by atoms with Crippen LogP contribution in [0.25, 0.3) is 0 Å². The summed E-state index contributed by atoms with van der Waals surface area (Å²) in [4.78, 5) is 20.5. The monoisotopic (exact) mass is 395 g/mol. The molecule has 0 bridgehead atoms. The molecule has 0 N–H and O–H groups in total. The van der Waals surface area contributed by atoms with Crippen LogP contribution in [-0.2, 0) is 4.79 Å². The van der Waals surface area contributed by atoms with Crippen LogP contribution in [-0.4, -0.2) is 53.6 Å². The van der Waals surface area contributed by atoms with Crippen molar-refractivity contribution in [3.8, 4) is 0 Å². The number of amides is 1. The van der Waals surface area contributed by atoms with Gasteiger partial charge in [-0.3, -0.25) is 4.79 Å². The summed E-state index contributed by atoms with van der Waals surface area (Å²) in [5.41, 5.74) is 0.786. The van der Waals surface area contributed by atoms with E-state index < -0.39 is 0 Å². The van der Waals surface area contributed by atoms with Crippen molar-refractivity contribution in [2.24, 2.45) is 11.8 Å².